The molecule has 0 bridgehead atoms. The third-order valence-electron chi connectivity index (χ3n) is 2.13. The van der Waals surface area contributed by atoms with Gasteiger partial charge in [0, 0.05) is 12.3 Å². The number of allylic oxidation sites excluding steroid dienone is 1. The maximum atomic E-state index is 4.09. The zero-order valence-electron chi connectivity index (χ0n) is 4.46. The molecule has 0 aromatic rings. The van der Waals surface area contributed by atoms with E-state index in [1.54, 1.807) is 5.57 Å². The molecule has 0 saturated heterocycles. The van der Waals surface area contributed by atoms with E-state index in [1.807, 2.05) is 0 Å². The van der Waals surface area contributed by atoms with Crippen LogP contribution in [0, 0.1) is 5.92 Å². The molecule has 2 nitrogen and oxygen atoms in total. The summed E-state index contributed by atoms with van der Waals surface area (Å²) in [5.41, 5.74) is 2.91. The van der Waals surface area contributed by atoms with Crippen molar-refractivity contribution in [3.05, 3.63) is 11.3 Å². The lowest BCUT2D eigenvalue weighted by Crippen LogP contribution is -1.81. The van der Waals surface area contributed by atoms with Gasteiger partial charge < -0.3 is 0 Å². The number of hydrogen-bond donors (Lipinski definition) is 0. The highest BCUT2D eigenvalue weighted by Crippen LogP contribution is 2.55. The van der Waals surface area contributed by atoms with Crippen molar-refractivity contribution in [2.45, 2.75) is 18.9 Å². The molecule has 1 aliphatic heterocycles. The van der Waals surface area contributed by atoms with Crippen molar-refractivity contribution in [2.24, 2.45) is 16.1 Å². The van der Waals surface area contributed by atoms with Gasteiger partial charge >= 0.3 is 0 Å². The molecule has 8 heavy (non-hydrogen) atoms. The third kappa shape index (κ3) is 0.243. The zero-order chi connectivity index (χ0) is 5.14. The second-order valence-corrected chi connectivity index (χ2v) is 2.77. The standard InChI is InChI=1S/C6H6N2/c1-3-4-2-6(4)8-7-5(1)3/h3,5H,1-2H2/t3-,5-/m0/s1. The second-order valence-electron chi connectivity index (χ2n) is 2.77. The van der Waals surface area contributed by atoms with Crippen LogP contribution >= 0.6 is 0 Å². The Hall–Kier alpha value is -0.660. The van der Waals surface area contributed by atoms with Crippen molar-refractivity contribution in [3.8, 4) is 0 Å². The van der Waals surface area contributed by atoms with Gasteiger partial charge in [-0.1, -0.05) is 0 Å². The first kappa shape index (κ1) is 3.38. The van der Waals surface area contributed by atoms with Gasteiger partial charge in [0.1, 0.15) is 0 Å². The van der Waals surface area contributed by atoms with E-state index in [0.29, 0.717) is 6.04 Å². The molecule has 2 atom stereocenters. The largest absolute Gasteiger partial charge is 0.185 e. The highest BCUT2D eigenvalue weighted by molar-refractivity contribution is 5.42. The molecule has 0 unspecified atom stereocenters. The molecule has 0 radical (unpaired) electrons. The van der Waals surface area contributed by atoms with Crippen molar-refractivity contribution in [3.63, 3.8) is 0 Å². The fraction of sp³-hybridized carbons (Fsp3) is 0.667. The summed E-state index contributed by atoms with van der Waals surface area (Å²) in [5, 5.41) is 8.12. The molecular weight excluding hydrogens is 100 g/mol. The van der Waals surface area contributed by atoms with Crippen LogP contribution in [-0.2, 0) is 0 Å². The van der Waals surface area contributed by atoms with Crippen LogP contribution in [0.5, 0.6) is 0 Å². The second kappa shape index (κ2) is 0.768. The maximum absolute atomic E-state index is 4.09. The molecule has 1 fully saturated rings. The quantitative estimate of drug-likeness (QED) is 0.447. The molecule has 0 N–H and O–H groups in total. The predicted octanol–water partition coefficient (Wildman–Crippen LogP) is 1.50. The van der Waals surface area contributed by atoms with E-state index in [9.17, 15) is 0 Å². The normalized spacial score (nSPS) is 46.0. The minimum absolute atomic E-state index is 0.622. The molecule has 2 aliphatic carbocycles. The van der Waals surface area contributed by atoms with E-state index in [4.69, 9.17) is 0 Å². The van der Waals surface area contributed by atoms with Gasteiger partial charge in [-0.3, -0.25) is 0 Å². The highest BCUT2D eigenvalue weighted by atomic mass is 15.2. The molecule has 2 heteroatoms. The lowest BCUT2D eigenvalue weighted by molar-refractivity contribution is 0.864. The summed E-state index contributed by atoms with van der Waals surface area (Å²) in [5.74, 6) is 0.863. The first-order valence-electron chi connectivity index (χ1n) is 3.08. The first-order chi connectivity index (χ1) is 3.95. The van der Waals surface area contributed by atoms with E-state index in [-0.39, 0.29) is 0 Å². The van der Waals surface area contributed by atoms with Gasteiger partial charge in [-0.2, -0.15) is 10.2 Å². The van der Waals surface area contributed by atoms with E-state index < -0.39 is 0 Å². The summed E-state index contributed by atoms with van der Waals surface area (Å²) in [7, 11) is 0. The Labute approximate surface area is 47.3 Å². The summed E-state index contributed by atoms with van der Waals surface area (Å²) in [4.78, 5) is 0. The van der Waals surface area contributed by atoms with Gasteiger partial charge in [-0.05, 0) is 12.0 Å². The van der Waals surface area contributed by atoms with Crippen LogP contribution in [0.4, 0.5) is 0 Å². The van der Waals surface area contributed by atoms with Crippen LogP contribution in [0.25, 0.3) is 0 Å². The van der Waals surface area contributed by atoms with Gasteiger partial charge in [-0.25, -0.2) is 0 Å². The molecule has 40 valence electrons. The van der Waals surface area contributed by atoms with Gasteiger partial charge in [0.15, 0.2) is 0 Å². The summed E-state index contributed by atoms with van der Waals surface area (Å²) < 4.78 is 0. The summed E-state index contributed by atoms with van der Waals surface area (Å²) in [6.45, 7) is 0. The molecule has 1 heterocycles. The van der Waals surface area contributed by atoms with Crippen molar-refractivity contribution in [1.29, 1.82) is 0 Å². The smallest absolute Gasteiger partial charge is 0.0786 e. The van der Waals surface area contributed by atoms with Crippen LogP contribution in [0.2, 0.25) is 0 Å². The van der Waals surface area contributed by atoms with Crippen molar-refractivity contribution >= 4 is 0 Å². The molecule has 0 amide bonds. The lowest BCUT2D eigenvalue weighted by atomic mass is 10.3. The van der Waals surface area contributed by atoms with Crippen LogP contribution in [0.15, 0.2) is 21.5 Å². The fourth-order valence-corrected chi connectivity index (χ4v) is 1.41. The Kier molecular flexibility index (Phi) is 0.325. The summed E-state index contributed by atoms with van der Waals surface area (Å²) >= 11 is 0. The number of rotatable bonds is 0. The predicted molar refractivity (Wildman–Crippen MR) is 28.4 cm³/mol. The molecule has 3 rings (SSSR count). The average molecular weight is 106 g/mol. The van der Waals surface area contributed by atoms with Gasteiger partial charge in [0.05, 0.1) is 11.7 Å². The molecule has 0 aromatic carbocycles. The average Bonchev–Trinajstić information content (AvgIpc) is 2.59. The fourth-order valence-electron chi connectivity index (χ4n) is 1.41. The molecule has 1 saturated carbocycles. The Balaban J connectivity index is 2.16. The molecule has 3 aliphatic rings. The maximum Gasteiger partial charge on any atom is 0.0786 e. The van der Waals surface area contributed by atoms with Crippen molar-refractivity contribution < 1.29 is 0 Å². The highest BCUT2D eigenvalue weighted by Gasteiger charge is 2.49. The molecule has 0 aromatic heterocycles. The van der Waals surface area contributed by atoms with Gasteiger partial charge in [0.2, 0.25) is 0 Å². The lowest BCUT2D eigenvalue weighted by Gasteiger charge is -1.85. The number of nitrogens with zero attached hydrogens (tertiary/aromatic N) is 2. The van der Waals surface area contributed by atoms with Crippen LogP contribution in [0.3, 0.4) is 0 Å². The summed E-state index contributed by atoms with van der Waals surface area (Å²) in [6.07, 6.45) is 2.48. The van der Waals surface area contributed by atoms with Crippen molar-refractivity contribution in [2.75, 3.05) is 0 Å². The monoisotopic (exact) mass is 106 g/mol. The van der Waals surface area contributed by atoms with E-state index >= 15 is 0 Å². The van der Waals surface area contributed by atoms with E-state index in [1.165, 1.54) is 18.5 Å². The Morgan fingerprint density at radius 1 is 1.50 bits per heavy atom. The number of fused-ring (bicyclic) bond motifs is 2. The Morgan fingerprint density at radius 3 is 3.38 bits per heavy atom. The number of azo groups is 1. The van der Waals surface area contributed by atoms with Crippen LogP contribution in [-0.4, -0.2) is 6.04 Å². The Bertz CT molecular complexity index is 215. The topological polar surface area (TPSA) is 24.7 Å². The zero-order valence-corrected chi connectivity index (χ0v) is 4.46. The molecule has 0 spiro atoms. The van der Waals surface area contributed by atoms with Crippen LogP contribution in [0.1, 0.15) is 12.8 Å². The summed E-state index contributed by atoms with van der Waals surface area (Å²) in [6, 6.07) is 0.622. The minimum atomic E-state index is 0.622. The van der Waals surface area contributed by atoms with Crippen molar-refractivity contribution in [1.82, 2.24) is 0 Å². The Morgan fingerprint density at radius 2 is 2.50 bits per heavy atom. The van der Waals surface area contributed by atoms with E-state index in [2.05, 4.69) is 10.2 Å². The van der Waals surface area contributed by atoms with Gasteiger partial charge in [0.25, 0.3) is 0 Å². The number of hydrogen-bond acceptors (Lipinski definition) is 2. The SMILES string of the molecule is C1C2=C1[C@@H]1C[C@@H]1N=N2. The first-order valence-corrected chi connectivity index (χ1v) is 3.08. The third-order valence-corrected chi connectivity index (χ3v) is 2.13. The minimum Gasteiger partial charge on any atom is -0.185 e. The van der Waals surface area contributed by atoms with Crippen LogP contribution < -0.4 is 0 Å². The van der Waals surface area contributed by atoms with Gasteiger partial charge in [-0.15, -0.1) is 0 Å². The van der Waals surface area contributed by atoms with E-state index in [0.717, 1.165) is 5.92 Å². The molecular formula is C6H6N2.